The lowest BCUT2D eigenvalue weighted by molar-refractivity contribution is -0.155. The number of nitrogens with zero attached hydrogens (tertiary/aromatic N) is 1. The Bertz CT molecular complexity index is 491. The van der Waals surface area contributed by atoms with Crippen molar-refractivity contribution in [1.29, 1.82) is 0 Å². The predicted octanol–water partition coefficient (Wildman–Crippen LogP) is 2.83. The zero-order valence-corrected chi connectivity index (χ0v) is 11.8. The first-order valence-electron chi connectivity index (χ1n) is 6.77. The van der Waals surface area contributed by atoms with Gasteiger partial charge in [-0.3, -0.25) is 4.79 Å². The van der Waals surface area contributed by atoms with Gasteiger partial charge >= 0.3 is 0 Å². The quantitative estimate of drug-likeness (QED) is 0.833. The Morgan fingerprint density at radius 1 is 1.47 bits per heavy atom. The van der Waals surface area contributed by atoms with Crippen LogP contribution in [-0.2, 0) is 9.53 Å². The summed E-state index contributed by atoms with van der Waals surface area (Å²) in [7, 11) is 0. The molecule has 102 valence electrons. The van der Waals surface area contributed by atoms with Crippen molar-refractivity contribution in [3.8, 4) is 0 Å². The summed E-state index contributed by atoms with van der Waals surface area (Å²) in [6.07, 6.45) is 1.82. The lowest BCUT2D eigenvalue weighted by atomic mass is 9.89. The van der Waals surface area contributed by atoms with E-state index >= 15 is 0 Å². The maximum Gasteiger partial charge on any atom is 0.254 e. The Kier molecular flexibility index (Phi) is 3.27. The average Bonchev–Trinajstić information content (AvgIpc) is 2.75. The van der Waals surface area contributed by atoms with Gasteiger partial charge in [0.25, 0.3) is 5.91 Å². The van der Waals surface area contributed by atoms with Crippen molar-refractivity contribution in [1.82, 2.24) is 4.90 Å². The largest absolute Gasteiger partial charge is 0.365 e. The van der Waals surface area contributed by atoms with Crippen molar-refractivity contribution in [2.45, 2.75) is 31.3 Å². The van der Waals surface area contributed by atoms with E-state index in [4.69, 9.17) is 16.3 Å². The number of amides is 1. The van der Waals surface area contributed by atoms with Crippen molar-refractivity contribution < 1.29 is 9.53 Å². The number of hydrogen-bond acceptors (Lipinski definition) is 2. The number of hydrogen-bond donors (Lipinski definition) is 0. The van der Waals surface area contributed by atoms with Gasteiger partial charge in [0.05, 0.1) is 0 Å². The Labute approximate surface area is 118 Å². The topological polar surface area (TPSA) is 29.5 Å². The summed E-state index contributed by atoms with van der Waals surface area (Å²) in [5, 5.41) is 0.758. The van der Waals surface area contributed by atoms with Crippen molar-refractivity contribution in [2.75, 3.05) is 19.7 Å². The summed E-state index contributed by atoms with van der Waals surface area (Å²) < 4.78 is 5.61. The third kappa shape index (κ3) is 2.37. The Morgan fingerprint density at radius 2 is 2.26 bits per heavy atom. The van der Waals surface area contributed by atoms with Gasteiger partial charge in [0.1, 0.15) is 5.60 Å². The fourth-order valence-corrected chi connectivity index (χ4v) is 3.10. The summed E-state index contributed by atoms with van der Waals surface area (Å²) >= 11 is 5.99. The zero-order valence-electron chi connectivity index (χ0n) is 11.1. The summed E-state index contributed by atoms with van der Waals surface area (Å²) in [4.78, 5) is 14.3. The Morgan fingerprint density at radius 3 is 2.89 bits per heavy atom. The van der Waals surface area contributed by atoms with Gasteiger partial charge < -0.3 is 9.64 Å². The van der Waals surface area contributed by atoms with Crippen LogP contribution in [-0.4, -0.2) is 36.1 Å². The molecule has 2 fully saturated rings. The van der Waals surface area contributed by atoms with Crippen molar-refractivity contribution in [3.63, 3.8) is 0 Å². The third-order valence-corrected chi connectivity index (χ3v) is 4.40. The fourth-order valence-electron chi connectivity index (χ4n) is 2.90. The molecule has 0 radical (unpaired) electrons. The molecule has 0 N–H and O–H groups in total. The zero-order chi connectivity index (χ0) is 13.5. The lowest BCUT2D eigenvalue weighted by Crippen LogP contribution is -2.55. The normalized spacial score (nSPS) is 27.4. The second kappa shape index (κ2) is 4.80. The minimum atomic E-state index is -0.584. The van der Waals surface area contributed by atoms with E-state index in [-0.39, 0.29) is 5.91 Å². The van der Waals surface area contributed by atoms with Crippen LogP contribution in [0.3, 0.4) is 0 Å². The fraction of sp³-hybridized carbons (Fsp3) is 0.533. The molecule has 2 saturated heterocycles. The first-order chi connectivity index (χ1) is 9.08. The van der Waals surface area contributed by atoms with Crippen LogP contribution in [0.2, 0.25) is 5.02 Å². The smallest absolute Gasteiger partial charge is 0.254 e. The van der Waals surface area contributed by atoms with Gasteiger partial charge in [0.2, 0.25) is 0 Å². The molecule has 3 nitrogen and oxygen atoms in total. The van der Waals surface area contributed by atoms with Crippen LogP contribution >= 0.6 is 11.6 Å². The highest BCUT2D eigenvalue weighted by Crippen LogP contribution is 2.34. The Balaban J connectivity index is 1.62. The molecule has 0 aliphatic carbocycles. The third-order valence-electron chi connectivity index (χ3n) is 4.16. The van der Waals surface area contributed by atoms with Crippen LogP contribution in [0.1, 0.15) is 31.2 Å². The van der Waals surface area contributed by atoms with Gasteiger partial charge in [0, 0.05) is 30.6 Å². The van der Waals surface area contributed by atoms with Gasteiger partial charge in [-0.25, -0.2) is 0 Å². The molecule has 1 unspecified atom stereocenters. The van der Waals surface area contributed by atoms with Crippen molar-refractivity contribution in [3.05, 3.63) is 34.9 Å². The second-order valence-corrected chi connectivity index (χ2v) is 6.08. The summed E-state index contributed by atoms with van der Waals surface area (Å²) in [5.41, 5.74) is 0.633. The maximum atomic E-state index is 12.4. The van der Waals surface area contributed by atoms with Crippen LogP contribution in [0.25, 0.3) is 0 Å². The van der Waals surface area contributed by atoms with E-state index < -0.39 is 5.60 Å². The number of ether oxygens (including phenoxy) is 1. The second-order valence-electron chi connectivity index (χ2n) is 5.64. The molecule has 3 rings (SSSR count). The van der Waals surface area contributed by atoms with Gasteiger partial charge in [-0.1, -0.05) is 23.7 Å². The number of rotatable bonds is 2. The Hall–Kier alpha value is -1.06. The van der Waals surface area contributed by atoms with E-state index in [1.807, 2.05) is 30.0 Å². The molecule has 2 heterocycles. The highest BCUT2D eigenvalue weighted by atomic mass is 35.5. The van der Waals surface area contributed by atoms with E-state index in [1.165, 1.54) is 5.56 Å². The molecule has 1 aromatic rings. The minimum Gasteiger partial charge on any atom is -0.365 e. The van der Waals surface area contributed by atoms with Crippen LogP contribution in [0.4, 0.5) is 0 Å². The molecule has 0 saturated carbocycles. The first kappa shape index (κ1) is 12.9. The summed E-state index contributed by atoms with van der Waals surface area (Å²) in [5.74, 6) is 0.552. The van der Waals surface area contributed by atoms with Crippen LogP contribution in [0.5, 0.6) is 0 Å². The first-order valence-corrected chi connectivity index (χ1v) is 7.15. The molecular formula is C15H18ClNO2. The van der Waals surface area contributed by atoms with Crippen LogP contribution < -0.4 is 0 Å². The molecule has 19 heavy (non-hydrogen) atoms. The highest BCUT2D eigenvalue weighted by Gasteiger charge is 2.44. The van der Waals surface area contributed by atoms with Gasteiger partial charge in [-0.2, -0.15) is 0 Å². The molecule has 2 aliphatic rings. The number of likely N-dealkylation sites (tertiary alicyclic amines) is 1. The average molecular weight is 280 g/mol. The van der Waals surface area contributed by atoms with E-state index in [0.29, 0.717) is 12.5 Å². The van der Waals surface area contributed by atoms with Crippen molar-refractivity contribution in [2.24, 2.45) is 0 Å². The molecule has 1 amide bonds. The monoisotopic (exact) mass is 279 g/mol. The van der Waals surface area contributed by atoms with E-state index in [0.717, 1.165) is 31.0 Å². The standard InChI is InChI=1S/C15H18ClNO2/c1-15(6-3-7-19-15)14(18)17-9-12(10-17)11-4-2-5-13(16)8-11/h2,4-5,8,12H,3,6-7,9-10H2,1H3. The SMILES string of the molecule is CC1(C(=O)N2CC(c3cccc(Cl)c3)C2)CCCO1. The summed E-state index contributed by atoms with van der Waals surface area (Å²) in [6, 6.07) is 7.90. The molecule has 1 atom stereocenters. The highest BCUT2D eigenvalue weighted by molar-refractivity contribution is 6.30. The molecule has 0 bridgehead atoms. The van der Waals surface area contributed by atoms with Crippen LogP contribution in [0, 0.1) is 0 Å². The number of halogens is 1. The molecule has 4 heteroatoms. The molecule has 0 aromatic heterocycles. The van der Waals surface area contributed by atoms with Gasteiger partial charge in [-0.15, -0.1) is 0 Å². The molecule has 1 aromatic carbocycles. The number of carbonyl (C=O) groups is 1. The number of carbonyl (C=O) groups excluding carboxylic acids is 1. The van der Waals surface area contributed by atoms with Gasteiger partial charge in [-0.05, 0) is 37.5 Å². The van der Waals surface area contributed by atoms with Gasteiger partial charge in [0.15, 0.2) is 0 Å². The molecule has 2 aliphatic heterocycles. The lowest BCUT2D eigenvalue weighted by Gasteiger charge is -2.43. The number of benzene rings is 1. The summed E-state index contributed by atoms with van der Waals surface area (Å²) in [6.45, 7) is 4.17. The van der Waals surface area contributed by atoms with Crippen molar-refractivity contribution >= 4 is 17.5 Å². The molecule has 0 spiro atoms. The van der Waals surface area contributed by atoms with E-state index in [2.05, 4.69) is 6.07 Å². The predicted molar refractivity (Wildman–Crippen MR) is 74.4 cm³/mol. The van der Waals surface area contributed by atoms with E-state index in [9.17, 15) is 4.79 Å². The van der Waals surface area contributed by atoms with E-state index in [1.54, 1.807) is 0 Å². The van der Waals surface area contributed by atoms with Crippen LogP contribution in [0.15, 0.2) is 24.3 Å². The maximum absolute atomic E-state index is 12.4. The minimum absolute atomic E-state index is 0.142. The molecular weight excluding hydrogens is 262 g/mol.